The molecule has 0 radical (unpaired) electrons. The van der Waals surface area contributed by atoms with E-state index in [1.165, 1.54) is 6.07 Å². The summed E-state index contributed by atoms with van der Waals surface area (Å²) in [7, 11) is 1.67. The number of dihydropyridines is 1. The van der Waals surface area contributed by atoms with E-state index >= 15 is 0 Å². The fourth-order valence-corrected chi connectivity index (χ4v) is 5.93. The van der Waals surface area contributed by atoms with Crippen LogP contribution in [0.15, 0.2) is 71.1 Å². The molecule has 1 atom stereocenters. The normalized spacial score (nSPS) is 17.3. The van der Waals surface area contributed by atoms with Crippen molar-refractivity contribution in [3.05, 3.63) is 76.6 Å². The summed E-state index contributed by atoms with van der Waals surface area (Å²) in [5.74, 6) is -1.53. The Kier molecular flexibility index (Phi) is 12.2. The number of para-hydroxylation sites is 3. The molecule has 0 bridgehead atoms. The van der Waals surface area contributed by atoms with Gasteiger partial charge >= 0.3 is 18.6 Å². The molecule has 45 heavy (non-hydrogen) atoms. The largest absolute Gasteiger partial charge is 0.495 e. The number of benzene rings is 2. The van der Waals surface area contributed by atoms with Gasteiger partial charge in [-0.25, -0.2) is 9.59 Å². The van der Waals surface area contributed by atoms with Gasteiger partial charge in [-0.15, -0.1) is 0 Å². The van der Waals surface area contributed by atoms with Crippen LogP contribution in [0.2, 0.25) is 0 Å². The predicted molar refractivity (Wildman–Crippen MR) is 167 cm³/mol. The van der Waals surface area contributed by atoms with E-state index in [9.17, 15) is 18.4 Å². The van der Waals surface area contributed by atoms with Gasteiger partial charge in [0.15, 0.2) is 0 Å². The van der Waals surface area contributed by atoms with E-state index in [4.69, 9.17) is 18.9 Å². The highest BCUT2D eigenvalue weighted by Crippen LogP contribution is 2.44. The maximum Gasteiger partial charge on any atom is 0.387 e. The molecule has 2 aliphatic heterocycles. The second-order valence-electron chi connectivity index (χ2n) is 10.7. The Labute approximate surface area is 263 Å². The lowest BCUT2D eigenvalue weighted by molar-refractivity contribution is -0.140. The van der Waals surface area contributed by atoms with Crippen molar-refractivity contribution >= 4 is 17.6 Å². The smallest absolute Gasteiger partial charge is 0.387 e. The number of nitrogens with zero attached hydrogens (tertiary/aromatic N) is 2. The van der Waals surface area contributed by atoms with Gasteiger partial charge < -0.3 is 29.2 Å². The number of piperazine rings is 1. The molecule has 2 heterocycles. The van der Waals surface area contributed by atoms with Gasteiger partial charge in [-0.05, 0) is 44.4 Å². The zero-order valence-electron chi connectivity index (χ0n) is 26.4. The summed E-state index contributed by atoms with van der Waals surface area (Å²) in [5.41, 5.74) is 2.83. The van der Waals surface area contributed by atoms with Crippen LogP contribution in [-0.2, 0) is 19.1 Å². The molecule has 0 aromatic heterocycles. The number of allylic oxidation sites excluding steroid dienone is 2. The number of rotatable bonds is 14. The van der Waals surface area contributed by atoms with E-state index in [0.29, 0.717) is 30.7 Å². The van der Waals surface area contributed by atoms with Crippen molar-refractivity contribution in [1.82, 2.24) is 10.2 Å². The Hall–Kier alpha value is -4.12. The summed E-state index contributed by atoms with van der Waals surface area (Å²) in [6, 6.07) is 14.2. The van der Waals surface area contributed by atoms with Gasteiger partial charge in [0.25, 0.3) is 0 Å². The number of alkyl halides is 2. The van der Waals surface area contributed by atoms with Gasteiger partial charge in [0, 0.05) is 49.7 Å². The molecule has 1 N–H and O–H groups in total. The third kappa shape index (κ3) is 8.13. The molecule has 0 amide bonds. The monoisotopic (exact) mass is 627 g/mol. The molecule has 1 saturated heterocycles. The Morgan fingerprint density at radius 3 is 2.07 bits per heavy atom. The Bertz CT molecular complexity index is 1390. The second-order valence-corrected chi connectivity index (χ2v) is 10.7. The molecule has 9 nitrogen and oxygen atoms in total. The highest BCUT2D eigenvalue weighted by molar-refractivity contribution is 6.00. The zero-order valence-corrected chi connectivity index (χ0v) is 26.4. The van der Waals surface area contributed by atoms with E-state index in [2.05, 4.69) is 21.2 Å². The Morgan fingerprint density at radius 2 is 1.47 bits per heavy atom. The summed E-state index contributed by atoms with van der Waals surface area (Å²) in [6.45, 7) is 6.77. The lowest BCUT2D eigenvalue weighted by Crippen LogP contribution is -2.46. The van der Waals surface area contributed by atoms with Crippen molar-refractivity contribution < 1.29 is 37.3 Å². The van der Waals surface area contributed by atoms with Gasteiger partial charge in [0.05, 0.1) is 43.1 Å². The number of carbonyl (C=O) groups excluding carboxylic acids is 2. The number of esters is 2. The van der Waals surface area contributed by atoms with Crippen molar-refractivity contribution in [3.8, 4) is 11.5 Å². The van der Waals surface area contributed by atoms with Gasteiger partial charge in [-0.1, -0.05) is 44.2 Å². The molecule has 1 fully saturated rings. The third-order valence-electron chi connectivity index (χ3n) is 8.05. The first-order chi connectivity index (χ1) is 21.8. The maximum absolute atomic E-state index is 13.8. The number of hydrogen-bond acceptors (Lipinski definition) is 9. The van der Waals surface area contributed by atoms with E-state index < -0.39 is 24.5 Å². The Balaban J connectivity index is 1.48. The number of ether oxygens (including phenoxy) is 4. The molecule has 2 aliphatic rings. The van der Waals surface area contributed by atoms with Crippen LogP contribution in [-0.4, -0.2) is 76.5 Å². The standard InChI is InChI=1S/C34H43F2N3O6/c1-5-24-30(32(40)43-7-3)29(23-13-8-10-15-27(23)45-34(35)36)31(25(6-2)37-24)33(41)44-22-12-17-38-18-20-39(21-19-38)26-14-9-11-16-28(26)42-4/h8-11,13-16,29,34,37H,5-7,12,17-22H2,1-4H3. The van der Waals surface area contributed by atoms with E-state index in [-0.39, 0.29) is 35.7 Å². The highest BCUT2D eigenvalue weighted by atomic mass is 19.3. The van der Waals surface area contributed by atoms with Gasteiger partial charge in [0.1, 0.15) is 11.5 Å². The molecule has 11 heteroatoms. The van der Waals surface area contributed by atoms with Gasteiger partial charge in [0.2, 0.25) is 0 Å². The minimum atomic E-state index is -3.09. The summed E-state index contributed by atoms with van der Waals surface area (Å²) < 4.78 is 48.4. The molecule has 1 unspecified atom stereocenters. The molecular formula is C34H43F2N3O6. The Morgan fingerprint density at radius 1 is 0.867 bits per heavy atom. The summed E-state index contributed by atoms with van der Waals surface area (Å²) in [4.78, 5) is 31.8. The first-order valence-electron chi connectivity index (χ1n) is 15.5. The average molecular weight is 628 g/mol. The highest BCUT2D eigenvalue weighted by Gasteiger charge is 2.40. The van der Waals surface area contributed by atoms with Crippen molar-refractivity contribution in [1.29, 1.82) is 0 Å². The molecule has 244 valence electrons. The maximum atomic E-state index is 13.8. The van der Waals surface area contributed by atoms with E-state index in [0.717, 1.165) is 44.2 Å². The van der Waals surface area contributed by atoms with Crippen molar-refractivity contribution in [2.24, 2.45) is 0 Å². The van der Waals surface area contributed by atoms with E-state index in [1.807, 2.05) is 32.0 Å². The number of methoxy groups -OCH3 is 1. The molecule has 2 aromatic rings. The third-order valence-corrected chi connectivity index (χ3v) is 8.05. The SMILES string of the molecule is CCOC(=O)C1=C(CC)NC(CC)=C(C(=O)OCCCN2CCN(c3ccccc3OC)CC2)C1c1ccccc1OC(F)F. The average Bonchev–Trinajstić information content (AvgIpc) is 3.06. The molecule has 2 aromatic carbocycles. The number of carbonyl (C=O) groups is 2. The molecule has 0 saturated carbocycles. The van der Waals surface area contributed by atoms with Crippen molar-refractivity contribution in [2.45, 2.75) is 52.6 Å². The lowest BCUT2D eigenvalue weighted by atomic mass is 9.79. The lowest BCUT2D eigenvalue weighted by Gasteiger charge is -2.36. The van der Waals surface area contributed by atoms with Crippen LogP contribution in [0.5, 0.6) is 11.5 Å². The first kappa shape index (κ1) is 33.8. The number of halogens is 2. The number of anilines is 1. The molecule has 4 rings (SSSR count). The minimum absolute atomic E-state index is 0.110. The van der Waals surface area contributed by atoms with Crippen LogP contribution < -0.4 is 19.7 Å². The number of hydrogen-bond donors (Lipinski definition) is 1. The summed E-state index contributed by atoms with van der Waals surface area (Å²) in [6.07, 6.45) is 1.46. The van der Waals surface area contributed by atoms with Gasteiger partial charge in [-0.3, -0.25) is 4.90 Å². The summed E-state index contributed by atoms with van der Waals surface area (Å²) >= 11 is 0. The van der Waals surface area contributed by atoms with Crippen LogP contribution in [0.4, 0.5) is 14.5 Å². The quantitative estimate of drug-likeness (QED) is 0.212. The topological polar surface area (TPSA) is 89.6 Å². The zero-order chi connectivity index (χ0) is 32.3. The van der Waals surface area contributed by atoms with Crippen molar-refractivity contribution in [3.63, 3.8) is 0 Å². The first-order valence-corrected chi connectivity index (χ1v) is 15.5. The fraction of sp³-hybridized carbons (Fsp3) is 0.471. The van der Waals surface area contributed by atoms with Crippen molar-refractivity contribution in [2.75, 3.05) is 57.9 Å². The molecular weight excluding hydrogens is 584 g/mol. The predicted octanol–water partition coefficient (Wildman–Crippen LogP) is 5.63. The molecule has 0 aliphatic carbocycles. The van der Waals surface area contributed by atoms with Crippen LogP contribution in [0.1, 0.15) is 51.5 Å². The van der Waals surface area contributed by atoms with Gasteiger partial charge in [-0.2, -0.15) is 8.78 Å². The number of nitrogens with one attached hydrogen (secondary N) is 1. The fourth-order valence-electron chi connectivity index (χ4n) is 5.93. The van der Waals surface area contributed by atoms with Crippen LogP contribution in [0.3, 0.4) is 0 Å². The van der Waals surface area contributed by atoms with Crippen LogP contribution in [0.25, 0.3) is 0 Å². The van der Waals surface area contributed by atoms with Crippen LogP contribution >= 0.6 is 0 Å². The second kappa shape index (κ2) is 16.3. The van der Waals surface area contributed by atoms with Crippen LogP contribution in [0, 0.1) is 0 Å². The minimum Gasteiger partial charge on any atom is -0.495 e. The summed E-state index contributed by atoms with van der Waals surface area (Å²) in [5, 5.41) is 3.25. The van der Waals surface area contributed by atoms with E-state index in [1.54, 1.807) is 32.2 Å². The molecule has 0 spiro atoms.